The number of nitrogens with zero attached hydrogens (tertiary/aromatic N) is 3. The largest absolute Gasteiger partial charge is 0.436 e. The van der Waals surface area contributed by atoms with Crippen molar-refractivity contribution in [3.8, 4) is 0 Å². The molecule has 0 bridgehead atoms. The summed E-state index contributed by atoms with van der Waals surface area (Å²) in [6.45, 7) is 12.4. The van der Waals surface area contributed by atoms with Crippen molar-refractivity contribution < 1.29 is 4.42 Å². The standard InChI is InChI=1S/C15H21N3OS/c1-8(2)12-7-13(18-14(17-12)9(3)4)20-15-16-10(5)11(6)19-15/h7-9H,1-6H3. The molecule has 0 aliphatic rings. The summed E-state index contributed by atoms with van der Waals surface area (Å²) in [5.41, 5.74) is 1.99. The van der Waals surface area contributed by atoms with E-state index >= 15 is 0 Å². The molecule has 0 saturated carbocycles. The Labute approximate surface area is 124 Å². The molecule has 2 aromatic rings. The van der Waals surface area contributed by atoms with Gasteiger partial charge in [-0.05, 0) is 37.6 Å². The van der Waals surface area contributed by atoms with Gasteiger partial charge in [0, 0.05) is 11.6 Å². The Balaban J connectivity index is 2.35. The van der Waals surface area contributed by atoms with Gasteiger partial charge in [-0.25, -0.2) is 15.0 Å². The van der Waals surface area contributed by atoms with E-state index in [1.165, 1.54) is 11.8 Å². The summed E-state index contributed by atoms with van der Waals surface area (Å²) < 4.78 is 5.61. The Morgan fingerprint density at radius 1 is 1.00 bits per heavy atom. The van der Waals surface area contributed by atoms with Gasteiger partial charge in [0.05, 0.1) is 5.69 Å². The van der Waals surface area contributed by atoms with Crippen molar-refractivity contribution >= 4 is 11.8 Å². The van der Waals surface area contributed by atoms with E-state index in [-0.39, 0.29) is 0 Å². The van der Waals surface area contributed by atoms with E-state index < -0.39 is 0 Å². The minimum Gasteiger partial charge on any atom is -0.436 e. The van der Waals surface area contributed by atoms with Crippen LogP contribution in [0.15, 0.2) is 20.7 Å². The first-order chi connectivity index (χ1) is 9.36. The third-order valence-electron chi connectivity index (χ3n) is 3.05. The molecule has 0 spiro atoms. The summed E-state index contributed by atoms with van der Waals surface area (Å²) in [6, 6.07) is 2.02. The normalized spacial score (nSPS) is 11.6. The van der Waals surface area contributed by atoms with Crippen molar-refractivity contribution in [3.63, 3.8) is 0 Å². The maximum absolute atomic E-state index is 5.61. The van der Waals surface area contributed by atoms with Crippen LogP contribution in [0.25, 0.3) is 0 Å². The van der Waals surface area contributed by atoms with Crippen LogP contribution in [-0.4, -0.2) is 15.0 Å². The molecule has 0 aromatic carbocycles. The number of hydrogen-bond acceptors (Lipinski definition) is 5. The summed E-state index contributed by atoms with van der Waals surface area (Å²) in [5, 5.41) is 1.54. The predicted molar refractivity (Wildman–Crippen MR) is 80.3 cm³/mol. The van der Waals surface area contributed by atoms with Gasteiger partial charge in [0.1, 0.15) is 16.6 Å². The van der Waals surface area contributed by atoms with E-state index in [1.807, 2.05) is 19.9 Å². The Morgan fingerprint density at radius 3 is 2.20 bits per heavy atom. The van der Waals surface area contributed by atoms with Gasteiger partial charge >= 0.3 is 0 Å². The molecule has 2 rings (SSSR count). The summed E-state index contributed by atoms with van der Waals surface area (Å²) in [5.74, 6) is 2.41. The predicted octanol–water partition coefficient (Wildman–Crippen LogP) is 4.48. The zero-order valence-corrected chi connectivity index (χ0v) is 13.7. The molecular weight excluding hydrogens is 270 g/mol. The molecule has 5 heteroatoms. The number of oxazole rings is 1. The van der Waals surface area contributed by atoms with Crippen LogP contribution in [0.5, 0.6) is 0 Å². The molecule has 0 fully saturated rings. The lowest BCUT2D eigenvalue weighted by atomic mass is 10.1. The minimum absolute atomic E-state index is 0.307. The lowest BCUT2D eigenvalue weighted by Crippen LogP contribution is -2.03. The number of hydrogen-bond donors (Lipinski definition) is 0. The average Bonchev–Trinajstić information content (AvgIpc) is 2.67. The van der Waals surface area contributed by atoms with E-state index in [9.17, 15) is 0 Å². The Morgan fingerprint density at radius 2 is 1.70 bits per heavy atom. The quantitative estimate of drug-likeness (QED) is 0.777. The van der Waals surface area contributed by atoms with Crippen molar-refractivity contribution in [2.75, 3.05) is 0 Å². The van der Waals surface area contributed by atoms with Crippen molar-refractivity contribution in [2.24, 2.45) is 0 Å². The van der Waals surface area contributed by atoms with Crippen LogP contribution in [0.2, 0.25) is 0 Å². The third kappa shape index (κ3) is 3.39. The smallest absolute Gasteiger partial charge is 0.262 e. The molecule has 0 amide bonds. The maximum atomic E-state index is 5.61. The third-order valence-corrected chi connectivity index (χ3v) is 3.82. The average molecular weight is 291 g/mol. The fraction of sp³-hybridized carbons (Fsp3) is 0.533. The Hall–Kier alpha value is -1.36. The topological polar surface area (TPSA) is 51.8 Å². The van der Waals surface area contributed by atoms with E-state index in [1.54, 1.807) is 0 Å². The number of aryl methyl sites for hydroxylation is 2. The highest BCUT2D eigenvalue weighted by molar-refractivity contribution is 7.99. The zero-order chi connectivity index (χ0) is 14.9. The second-order valence-electron chi connectivity index (χ2n) is 5.52. The molecular formula is C15H21N3OS. The van der Waals surface area contributed by atoms with E-state index in [0.717, 1.165) is 28.0 Å². The SMILES string of the molecule is Cc1nc(Sc2cc(C(C)C)nc(C(C)C)n2)oc1C. The Bertz CT molecular complexity index is 559. The summed E-state index contributed by atoms with van der Waals surface area (Å²) in [4.78, 5) is 13.6. The van der Waals surface area contributed by atoms with Gasteiger partial charge < -0.3 is 4.42 Å². The van der Waals surface area contributed by atoms with Gasteiger partial charge in [-0.1, -0.05) is 27.7 Å². The Kier molecular flexibility index (Phi) is 4.48. The fourth-order valence-corrected chi connectivity index (χ4v) is 2.49. The fourth-order valence-electron chi connectivity index (χ4n) is 1.64. The second kappa shape index (κ2) is 5.95. The molecule has 4 nitrogen and oxygen atoms in total. The van der Waals surface area contributed by atoms with Crippen LogP contribution in [0.3, 0.4) is 0 Å². The molecule has 0 saturated heterocycles. The van der Waals surface area contributed by atoms with Crippen molar-refractivity contribution in [2.45, 2.75) is 63.6 Å². The molecule has 0 unspecified atom stereocenters. The summed E-state index contributed by atoms with van der Waals surface area (Å²) in [6.07, 6.45) is 0. The monoisotopic (exact) mass is 291 g/mol. The molecule has 0 atom stereocenters. The van der Waals surface area contributed by atoms with Crippen LogP contribution >= 0.6 is 11.8 Å². The van der Waals surface area contributed by atoms with Gasteiger partial charge in [0.25, 0.3) is 5.22 Å². The first-order valence-corrected chi connectivity index (χ1v) is 7.69. The van der Waals surface area contributed by atoms with Gasteiger partial charge in [-0.15, -0.1) is 0 Å². The lowest BCUT2D eigenvalue weighted by Gasteiger charge is -2.11. The van der Waals surface area contributed by atoms with Crippen molar-refractivity contribution in [1.29, 1.82) is 0 Å². The van der Waals surface area contributed by atoms with Crippen molar-refractivity contribution in [3.05, 3.63) is 29.0 Å². The van der Waals surface area contributed by atoms with Gasteiger partial charge in [-0.3, -0.25) is 0 Å². The number of aromatic nitrogens is 3. The maximum Gasteiger partial charge on any atom is 0.262 e. The van der Waals surface area contributed by atoms with Gasteiger partial charge in [0.15, 0.2) is 0 Å². The molecule has 0 N–H and O–H groups in total. The molecule has 0 radical (unpaired) electrons. The highest BCUT2D eigenvalue weighted by Gasteiger charge is 2.14. The lowest BCUT2D eigenvalue weighted by molar-refractivity contribution is 0.431. The van der Waals surface area contributed by atoms with Gasteiger partial charge in [-0.2, -0.15) is 0 Å². The molecule has 20 heavy (non-hydrogen) atoms. The van der Waals surface area contributed by atoms with Crippen LogP contribution in [0.1, 0.15) is 62.5 Å². The summed E-state index contributed by atoms with van der Waals surface area (Å²) >= 11 is 1.46. The van der Waals surface area contributed by atoms with Crippen molar-refractivity contribution in [1.82, 2.24) is 15.0 Å². The summed E-state index contributed by atoms with van der Waals surface area (Å²) in [7, 11) is 0. The number of rotatable bonds is 4. The molecule has 108 valence electrons. The first kappa shape index (κ1) is 15.0. The van der Waals surface area contributed by atoms with Crippen LogP contribution in [0.4, 0.5) is 0 Å². The molecule has 2 heterocycles. The second-order valence-corrected chi connectivity index (χ2v) is 6.49. The van der Waals surface area contributed by atoms with E-state index in [0.29, 0.717) is 17.1 Å². The minimum atomic E-state index is 0.307. The first-order valence-electron chi connectivity index (χ1n) is 6.87. The molecule has 0 aliphatic heterocycles. The highest BCUT2D eigenvalue weighted by atomic mass is 32.2. The van der Waals surface area contributed by atoms with Crippen LogP contribution in [0, 0.1) is 13.8 Å². The van der Waals surface area contributed by atoms with E-state index in [2.05, 4.69) is 42.6 Å². The molecule has 2 aromatic heterocycles. The van der Waals surface area contributed by atoms with E-state index in [4.69, 9.17) is 4.42 Å². The zero-order valence-electron chi connectivity index (χ0n) is 12.9. The highest BCUT2D eigenvalue weighted by Crippen LogP contribution is 2.29. The van der Waals surface area contributed by atoms with Gasteiger partial charge in [0.2, 0.25) is 0 Å². The molecule has 0 aliphatic carbocycles. The van der Waals surface area contributed by atoms with Crippen LogP contribution in [-0.2, 0) is 0 Å². The van der Waals surface area contributed by atoms with Crippen LogP contribution < -0.4 is 0 Å².